The van der Waals surface area contributed by atoms with Gasteiger partial charge in [0.05, 0.1) is 23.7 Å². The molecule has 1 saturated heterocycles. The van der Waals surface area contributed by atoms with E-state index in [0.29, 0.717) is 0 Å². The van der Waals surface area contributed by atoms with Gasteiger partial charge < -0.3 is 15.1 Å². The molecule has 30 heavy (non-hydrogen) atoms. The van der Waals surface area contributed by atoms with Gasteiger partial charge >= 0.3 is 6.18 Å². The topological polar surface area (TPSA) is 94.3 Å². The van der Waals surface area contributed by atoms with E-state index < -0.39 is 29.3 Å². The molecule has 2 heterocycles. The molecule has 11 heteroatoms. The van der Waals surface area contributed by atoms with Crippen LogP contribution in [0.3, 0.4) is 0 Å². The first kappa shape index (κ1) is 21.2. The molecule has 1 aliphatic rings. The van der Waals surface area contributed by atoms with Crippen LogP contribution in [0.5, 0.6) is 0 Å². The molecular formula is C19H19F3N6O2. The highest BCUT2D eigenvalue weighted by atomic mass is 19.4. The van der Waals surface area contributed by atoms with Crippen LogP contribution in [0.15, 0.2) is 36.7 Å². The summed E-state index contributed by atoms with van der Waals surface area (Å²) in [6.45, 7) is 0.408. The average Bonchev–Trinajstić information content (AvgIpc) is 3.24. The van der Waals surface area contributed by atoms with Crippen molar-refractivity contribution in [3.63, 3.8) is 0 Å². The quantitative estimate of drug-likeness (QED) is 0.803. The lowest BCUT2D eigenvalue weighted by molar-refractivity contribution is -0.137. The van der Waals surface area contributed by atoms with Gasteiger partial charge in [-0.25, -0.2) is 0 Å². The molecule has 0 spiro atoms. The average molecular weight is 420 g/mol. The predicted octanol–water partition coefficient (Wildman–Crippen LogP) is 1.24. The standard InChI is InChI=1S/C19H19F3N6O2/c1-24-18(30)16-11-26(17(29)12-27-6-2-5-25-27)7-8-28(16)14-4-3-13(10-23)15(9-14)19(20,21)22/h2-6,9,16H,7-8,11-12H2,1H3,(H,24,30). The number of alkyl halides is 3. The molecule has 0 saturated carbocycles. The monoisotopic (exact) mass is 420 g/mol. The van der Waals surface area contributed by atoms with Gasteiger partial charge in [0.1, 0.15) is 12.6 Å². The first-order chi connectivity index (χ1) is 14.2. The zero-order valence-electron chi connectivity index (χ0n) is 16.1. The summed E-state index contributed by atoms with van der Waals surface area (Å²) in [6.07, 6.45) is -1.52. The third kappa shape index (κ3) is 4.37. The predicted molar refractivity (Wildman–Crippen MR) is 100 cm³/mol. The van der Waals surface area contributed by atoms with Crippen molar-refractivity contribution in [2.24, 2.45) is 0 Å². The van der Waals surface area contributed by atoms with Crippen LogP contribution >= 0.6 is 0 Å². The van der Waals surface area contributed by atoms with Gasteiger partial charge in [-0.3, -0.25) is 14.3 Å². The SMILES string of the molecule is CNC(=O)C1CN(C(=O)Cn2cccn2)CCN1c1ccc(C#N)c(C(F)(F)F)c1. The van der Waals surface area contributed by atoms with Crippen LogP contribution < -0.4 is 10.2 Å². The number of rotatable bonds is 4. The fourth-order valence-corrected chi connectivity index (χ4v) is 3.38. The number of likely N-dealkylation sites (N-methyl/N-ethyl adjacent to an activating group) is 1. The number of benzene rings is 1. The zero-order chi connectivity index (χ0) is 21.9. The number of carbonyl (C=O) groups excluding carboxylic acids is 2. The summed E-state index contributed by atoms with van der Waals surface area (Å²) in [5.41, 5.74) is -1.39. The Morgan fingerprint density at radius 1 is 1.33 bits per heavy atom. The van der Waals surface area contributed by atoms with Gasteiger partial charge in [0, 0.05) is 38.2 Å². The molecule has 0 radical (unpaired) electrons. The fourth-order valence-electron chi connectivity index (χ4n) is 3.38. The Bertz CT molecular complexity index is 968. The van der Waals surface area contributed by atoms with E-state index in [-0.39, 0.29) is 37.8 Å². The Morgan fingerprint density at radius 3 is 2.70 bits per heavy atom. The third-order valence-corrected chi connectivity index (χ3v) is 4.90. The summed E-state index contributed by atoms with van der Waals surface area (Å²) >= 11 is 0. The molecule has 1 atom stereocenters. The van der Waals surface area contributed by atoms with Crippen LogP contribution in [0.2, 0.25) is 0 Å². The molecule has 1 N–H and O–H groups in total. The van der Waals surface area contributed by atoms with E-state index in [4.69, 9.17) is 5.26 Å². The van der Waals surface area contributed by atoms with Gasteiger partial charge in [-0.1, -0.05) is 0 Å². The number of hydrogen-bond donors (Lipinski definition) is 1. The number of nitrogens with zero attached hydrogens (tertiary/aromatic N) is 5. The minimum absolute atomic E-state index is 0.00253. The molecule has 1 aromatic heterocycles. The number of hydrogen-bond acceptors (Lipinski definition) is 5. The Labute approximate surface area is 170 Å². The minimum Gasteiger partial charge on any atom is -0.357 e. The molecule has 8 nitrogen and oxygen atoms in total. The van der Waals surface area contributed by atoms with Crippen molar-refractivity contribution in [2.75, 3.05) is 31.6 Å². The summed E-state index contributed by atoms with van der Waals surface area (Å²) in [6, 6.07) is 5.69. The van der Waals surface area contributed by atoms with Crippen molar-refractivity contribution in [2.45, 2.75) is 18.8 Å². The maximum absolute atomic E-state index is 13.3. The molecule has 1 unspecified atom stereocenters. The van der Waals surface area contributed by atoms with Crippen molar-refractivity contribution >= 4 is 17.5 Å². The first-order valence-electron chi connectivity index (χ1n) is 9.09. The second kappa shape index (κ2) is 8.44. The Morgan fingerprint density at radius 2 is 2.10 bits per heavy atom. The lowest BCUT2D eigenvalue weighted by atomic mass is 10.0. The van der Waals surface area contributed by atoms with E-state index in [1.165, 1.54) is 27.6 Å². The highest BCUT2D eigenvalue weighted by Gasteiger charge is 2.37. The molecule has 0 aliphatic carbocycles. The van der Waals surface area contributed by atoms with Crippen LogP contribution in [-0.2, 0) is 22.3 Å². The van der Waals surface area contributed by atoms with Crippen LogP contribution in [-0.4, -0.2) is 59.2 Å². The normalized spacial score (nSPS) is 16.8. The molecule has 2 amide bonds. The van der Waals surface area contributed by atoms with Gasteiger partial charge in [0.15, 0.2) is 0 Å². The minimum atomic E-state index is -4.70. The van der Waals surface area contributed by atoms with E-state index in [0.717, 1.165) is 12.1 Å². The second-order valence-electron chi connectivity index (χ2n) is 6.71. The smallest absolute Gasteiger partial charge is 0.357 e. The molecule has 1 aliphatic heterocycles. The van der Waals surface area contributed by atoms with Gasteiger partial charge in [0.25, 0.3) is 0 Å². The van der Waals surface area contributed by atoms with Crippen LogP contribution in [0.1, 0.15) is 11.1 Å². The Balaban J connectivity index is 1.86. The van der Waals surface area contributed by atoms with E-state index >= 15 is 0 Å². The van der Waals surface area contributed by atoms with Crippen molar-refractivity contribution in [3.8, 4) is 6.07 Å². The Kier molecular flexibility index (Phi) is 5.96. The van der Waals surface area contributed by atoms with Crippen LogP contribution in [0, 0.1) is 11.3 Å². The number of amides is 2. The number of halogens is 3. The van der Waals surface area contributed by atoms with Gasteiger partial charge in [-0.2, -0.15) is 23.5 Å². The number of carbonyl (C=O) groups is 2. The zero-order valence-corrected chi connectivity index (χ0v) is 16.1. The molecule has 1 aromatic carbocycles. The van der Waals surface area contributed by atoms with Crippen molar-refractivity contribution < 1.29 is 22.8 Å². The molecule has 158 valence electrons. The summed E-state index contributed by atoms with van der Waals surface area (Å²) < 4.78 is 41.5. The molecule has 1 fully saturated rings. The fraction of sp³-hybridized carbons (Fsp3) is 0.368. The summed E-state index contributed by atoms with van der Waals surface area (Å²) in [5.74, 6) is -0.674. The van der Waals surface area contributed by atoms with Gasteiger partial charge in [-0.05, 0) is 24.3 Å². The number of piperazine rings is 1. The van der Waals surface area contributed by atoms with E-state index in [2.05, 4.69) is 10.4 Å². The lowest BCUT2D eigenvalue weighted by Gasteiger charge is -2.42. The summed E-state index contributed by atoms with van der Waals surface area (Å²) in [7, 11) is 1.42. The number of anilines is 1. The molecular weight excluding hydrogens is 401 g/mol. The highest BCUT2D eigenvalue weighted by molar-refractivity contribution is 5.87. The molecule has 3 rings (SSSR count). The summed E-state index contributed by atoms with van der Waals surface area (Å²) in [4.78, 5) is 28.0. The van der Waals surface area contributed by atoms with Crippen molar-refractivity contribution in [3.05, 3.63) is 47.8 Å². The van der Waals surface area contributed by atoms with Crippen LogP contribution in [0.25, 0.3) is 0 Å². The number of nitrogens with one attached hydrogen (secondary N) is 1. The van der Waals surface area contributed by atoms with Crippen LogP contribution in [0.4, 0.5) is 18.9 Å². The van der Waals surface area contributed by atoms with E-state index in [1.54, 1.807) is 24.5 Å². The van der Waals surface area contributed by atoms with Gasteiger partial charge in [-0.15, -0.1) is 0 Å². The third-order valence-electron chi connectivity index (χ3n) is 4.90. The lowest BCUT2D eigenvalue weighted by Crippen LogP contribution is -2.60. The number of aromatic nitrogens is 2. The molecule has 0 bridgehead atoms. The van der Waals surface area contributed by atoms with E-state index in [9.17, 15) is 22.8 Å². The van der Waals surface area contributed by atoms with Gasteiger partial charge in [0.2, 0.25) is 11.8 Å². The first-order valence-corrected chi connectivity index (χ1v) is 9.09. The number of nitriles is 1. The molecule has 2 aromatic rings. The maximum atomic E-state index is 13.3. The Hall–Kier alpha value is -3.55. The highest BCUT2D eigenvalue weighted by Crippen LogP contribution is 2.35. The van der Waals surface area contributed by atoms with Crippen molar-refractivity contribution in [1.82, 2.24) is 20.0 Å². The maximum Gasteiger partial charge on any atom is 0.417 e. The van der Waals surface area contributed by atoms with Crippen molar-refractivity contribution in [1.29, 1.82) is 5.26 Å². The van der Waals surface area contributed by atoms with E-state index in [1.807, 2.05) is 0 Å². The largest absolute Gasteiger partial charge is 0.417 e. The second-order valence-corrected chi connectivity index (χ2v) is 6.71. The summed E-state index contributed by atoms with van der Waals surface area (Å²) in [5, 5.41) is 15.5.